The van der Waals surface area contributed by atoms with E-state index in [4.69, 9.17) is 10.2 Å². The van der Waals surface area contributed by atoms with Crippen molar-refractivity contribution in [3.8, 4) is 11.5 Å². The van der Waals surface area contributed by atoms with Gasteiger partial charge in [-0.05, 0) is 41.6 Å². The van der Waals surface area contributed by atoms with Crippen molar-refractivity contribution in [1.82, 2.24) is 0 Å². The van der Waals surface area contributed by atoms with Gasteiger partial charge >= 0.3 is 0 Å². The zero-order valence-electron chi connectivity index (χ0n) is 9.63. The molecule has 2 aromatic rings. The van der Waals surface area contributed by atoms with Crippen LogP contribution >= 0.6 is 0 Å². The zero-order valence-corrected chi connectivity index (χ0v) is 9.63. The van der Waals surface area contributed by atoms with Crippen LogP contribution in [0.5, 0.6) is 11.5 Å². The monoisotopic (exact) mass is 262 g/mol. The number of nitroso groups, excluding NO2 is 1. The zero-order chi connectivity index (χ0) is 14.3. The molecule has 7 nitrogen and oxygen atoms in total. The molecule has 19 heavy (non-hydrogen) atoms. The van der Waals surface area contributed by atoms with Crippen LogP contribution in [0.1, 0.15) is 0 Å². The molecule has 2 aromatic carbocycles. The molecule has 0 radical (unpaired) electrons. The van der Waals surface area contributed by atoms with Crippen LogP contribution in [-0.2, 0) is 0 Å². The number of hydrogen-bond donors (Lipinski definition) is 2. The number of nitro benzene ring substituents is 1. The Morgan fingerprint density at radius 3 is 1.68 bits per heavy atom. The van der Waals surface area contributed by atoms with Crippen molar-refractivity contribution in [3.05, 3.63) is 63.6 Å². The first-order chi connectivity index (χ1) is 9.02. The maximum atomic E-state index is 10.0. The summed E-state index contributed by atoms with van der Waals surface area (Å²) in [5, 5.41) is 30.1. The third-order valence-corrected chi connectivity index (χ3v) is 2.02. The first-order valence-electron chi connectivity index (χ1n) is 5.08. The number of hydrogen-bond acceptors (Lipinski definition) is 6. The highest BCUT2D eigenvalue weighted by Crippen LogP contribution is 2.15. The van der Waals surface area contributed by atoms with Gasteiger partial charge < -0.3 is 10.2 Å². The van der Waals surface area contributed by atoms with Crippen LogP contribution in [0.4, 0.5) is 11.4 Å². The molecule has 0 bridgehead atoms. The van der Waals surface area contributed by atoms with Gasteiger partial charge in [0, 0.05) is 12.1 Å². The number of nitrogens with zero attached hydrogens (tertiary/aromatic N) is 2. The van der Waals surface area contributed by atoms with Crippen LogP contribution in [-0.4, -0.2) is 15.1 Å². The topological polar surface area (TPSA) is 113 Å². The average molecular weight is 262 g/mol. The number of aromatic hydroxyl groups is 2. The molecule has 0 aromatic heterocycles. The summed E-state index contributed by atoms with van der Waals surface area (Å²) in [5.74, 6) is 0.174. The molecule has 0 saturated carbocycles. The van der Waals surface area contributed by atoms with Gasteiger partial charge in [-0.2, -0.15) is 0 Å². The molecule has 2 N–H and O–H groups in total. The molecule has 0 atom stereocenters. The van der Waals surface area contributed by atoms with Crippen molar-refractivity contribution in [2.24, 2.45) is 5.18 Å². The second kappa shape index (κ2) is 6.70. The van der Waals surface area contributed by atoms with Crippen LogP contribution in [0.25, 0.3) is 0 Å². The van der Waals surface area contributed by atoms with E-state index < -0.39 is 4.92 Å². The molecular weight excluding hydrogens is 252 g/mol. The Hall–Kier alpha value is -2.96. The standard InChI is InChI=1S/C6H5NO3.C6H5NO2/c8-6-3-1-5(2-4-6)7(9)10;8-6-3-1-5(7-9)2-4-6/h1-4,8H;1-4,8H. The molecule has 0 saturated heterocycles. The summed E-state index contributed by atoms with van der Waals surface area (Å²) in [7, 11) is 0. The molecule has 98 valence electrons. The highest BCUT2D eigenvalue weighted by molar-refractivity contribution is 5.40. The van der Waals surface area contributed by atoms with Gasteiger partial charge in [-0.25, -0.2) is 0 Å². The smallest absolute Gasteiger partial charge is 0.269 e. The SMILES string of the molecule is O=Nc1ccc(O)cc1.O=[N+]([O-])c1ccc(O)cc1. The fraction of sp³-hybridized carbons (Fsp3) is 0. The minimum atomic E-state index is -0.514. The van der Waals surface area contributed by atoms with Crippen LogP contribution in [0.15, 0.2) is 53.7 Å². The van der Waals surface area contributed by atoms with Gasteiger partial charge in [0.15, 0.2) is 0 Å². The first-order valence-corrected chi connectivity index (χ1v) is 5.08. The molecule has 7 heteroatoms. The lowest BCUT2D eigenvalue weighted by atomic mass is 10.3. The molecule has 0 unspecified atom stereocenters. The molecule has 0 fully saturated rings. The second-order valence-electron chi connectivity index (χ2n) is 3.38. The van der Waals surface area contributed by atoms with E-state index in [2.05, 4.69) is 5.18 Å². The van der Waals surface area contributed by atoms with E-state index in [1.165, 1.54) is 48.5 Å². The normalized spacial score (nSPS) is 9.05. The Labute approximate surface area is 107 Å². The molecule has 0 amide bonds. The van der Waals surface area contributed by atoms with E-state index in [9.17, 15) is 15.0 Å². The largest absolute Gasteiger partial charge is 0.508 e. The summed E-state index contributed by atoms with van der Waals surface area (Å²) >= 11 is 0. The van der Waals surface area contributed by atoms with Gasteiger partial charge in [-0.1, -0.05) is 0 Å². The van der Waals surface area contributed by atoms with Crippen molar-refractivity contribution in [2.75, 3.05) is 0 Å². The van der Waals surface area contributed by atoms with Crippen LogP contribution in [0, 0.1) is 15.0 Å². The van der Waals surface area contributed by atoms with Gasteiger partial charge in [-0.3, -0.25) is 10.1 Å². The Morgan fingerprint density at radius 2 is 1.32 bits per heavy atom. The number of nitro groups is 1. The number of phenols is 2. The van der Waals surface area contributed by atoms with E-state index in [1.807, 2.05) is 0 Å². The Bertz CT molecular complexity index is 551. The van der Waals surface area contributed by atoms with E-state index in [0.717, 1.165) is 0 Å². The van der Waals surface area contributed by atoms with Gasteiger partial charge in [0.2, 0.25) is 0 Å². The molecule has 0 spiro atoms. The quantitative estimate of drug-likeness (QED) is 0.490. The maximum absolute atomic E-state index is 10.0. The second-order valence-corrected chi connectivity index (χ2v) is 3.38. The molecule has 2 rings (SSSR count). The van der Waals surface area contributed by atoms with E-state index >= 15 is 0 Å². The van der Waals surface area contributed by atoms with E-state index in [1.54, 1.807) is 0 Å². The third-order valence-electron chi connectivity index (χ3n) is 2.02. The number of phenolic OH excluding ortho intramolecular Hbond substituents is 2. The van der Waals surface area contributed by atoms with Crippen molar-refractivity contribution in [3.63, 3.8) is 0 Å². The highest BCUT2D eigenvalue weighted by atomic mass is 16.6. The summed E-state index contributed by atoms with van der Waals surface area (Å²) in [4.78, 5) is 19.3. The van der Waals surface area contributed by atoms with Gasteiger partial charge in [0.05, 0.1) is 4.92 Å². The van der Waals surface area contributed by atoms with Crippen LogP contribution < -0.4 is 0 Å². The molecule has 0 aliphatic heterocycles. The fourth-order valence-electron chi connectivity index (χ4n) is 1.09. The highest BCUT2D eigenvalue weighted by Gasteiger charge is 2.01. The number of non-ortho nitro benzene ring substituents is 1. The lowest BCUT2D eigenvalue weighted by Gasteiger charge is -1.89. The Balaban J connectivity index is 0.000000191. The summed E-state index contributed by atoms with van der Waals surface area (Å²) in [6.45, 7) is 0. The third kappa shape index (κ3) is 4.82. The molecule has 0 aliphatic rings. The van der Waals surface area contributed by atoms with Crippen molar-refractivity contribution in [1.29, 1.82) is 0 Å². The minimum Gasteiger partial charge on any atom is -0.508 e. The first kappa shape index (κ1) is 14.1. The summed E-state index contributed by atoms with van der Waals surface area (Å²) in [5.41, 5.74) is 0.311. The minimum absolute atomic E-state index is 0.0159. The van der Waals surface area contributed by atoms with E-state index in [0.29, 0.717) is 5.69 Å². The summed E-state index contributed by atoms with van der Waals surface area (Å²) in [6.07, 6.45) is 0. The lowest BCUT2D eigenvalue weighted by molar-refractivity contribution is -0.384. The number of benzene rings is 2. The molecule has 0 aliphatic carbocycles. The maximum Gasteiger partial charge on any atom is 0.269 e. The average Bonchev–Trinajstić information content (AvgIpc) is 2.41. The van der Waals surface area contributed by atoms with Crippen molar-refractivity contribution < 1.29 is 15.1 Å². The summed E-state index contributed by atoms with van der Waals surface area (Å²) in [6, 6.07) is 10.8. The summed E-state index contributed by atoms with van der Waals surface area (Å²) < 4.78 is 0. The lowest BCUT2D eigenvalue weighted by Crippen LogP contribution is -1.85. The Morgan fingerprint density at radius 1 is 0.895 bits per heavy atom. The molecule has 0 heterocycles. The fourth-order valence-corrected chi connectivity index (χ4v) is 1.09. The molecular formula is C12H10N2O5. The van der Waals surface area contributed by atoms with Crippen LogP contribution in [0.3, 0.4) is 0 Å². The van der Waals surface area contributed by atoms with Gasteiger partial charge in [-0.15, -0.1) is 4.91 Å². The van der Waals surface area contributed by atoms with Gasteiger partial charge in [0.25, 0.3) is 5.69 Å². The Kier molecular flexibility index (Phi) is 4.97. The predicted molar refractivity (Wildman–Crippen MR) is 68.3 cm³/mol. The predicted octanol–water partition coefficient (Wildman–Crippen LogP) is 3.09. The van der Waals surface area contributed by atoms with Gasteiger partial charge in [0.1, 0.15) is 17.2 Å². The van der Waals surface area contributed by atoms with Crippen LogP contribution in [0.2, 0.25) is 0 Å². The van der Waals surface area contributed by atoms with Crippen molar-refractivity contribution >= 4 is 11.4 Å². The van der Waals surface area contributed by atoms with Crippen molar-refractivity contribution in [2.45, 2.75) is 0 Å². The van der Waals surface area contributed by atoms with E-state index in [-0.39, 0.29) is 17.2 Å². The number of rotatable bonds is 2.